The van der Waals surface area contributed by atoms with E-state index in [0.29, 0.717) is 6.42 Å². The first-order valence-electron chi connectivity index (χ1n) is 13.8. The van der Waals surface area contributed by atoms with Gasteiger partial charge in [-0.15, -0.1) is 0 Å². The van der Waals surface area contributed by atoms with E-state index in [1.54, 1.807) is 0 Å². The average molecular weight is 439 g/mol. The lowest BCUT2D eigenvalue weighted by molar-refractivity contribution is -0.144. The number of aliphatic carboxylic acids is 1. The smallest absolute Gasteiger partial charge is 0.306 e. The van der Waals surface area contributed by atoms with Crippen LogP contribution in [0.5, 0.6) is 0 Å². The SMILES string of the molecule is CCCCCCCCCCCCC(C(=O)O)C(CC=O)CCCCCCCCCCC. The van der Waals surface area contributed by atoms with Crippen molar-refractivity contribution >= 4 is 12.3 Å². The van der Waals surface area contributed by atoms with E-state index in [-0.39, 0.29) is 11.8 Å². The molecule has 0 fully saturated rings. The summed E-state index contributed by atoms with van der Waals surface area (Å²) < 4.78 is 0. The number of aldehydes is 1. The maximum absolute atomic E-state index is 11.9. The highest BCUT2D eigenvalue weighted by molar-refractivity contribution is 5.71. The molecule has 0 aliphatic rings. The number of carboxylic acids is 1. The second-order valence-electron chi connectivity index (χ2n) is 9.69. The van der Waals surface area contributed by atoms with E-state index in [4.69, 9.17) is 0 Å². The Labute approximate surface area is 194 Å². The summed E-state index contributed by atoms with van der Waals surface area (Å²) in [4.78, 5) is 23.0. The van der Waals surface area contributed by atoms with Crippen LogP contribution >= 0.6 is 0 Å². The van der Waals surface area contributed by atoms with Gasteiger partial charge in [0.15, 0.2) is 0 Å². The molecule has 0 aliphatic carbocycles. The molecule has 0 aliphatic heterocycles. The van der Waals surface area contributed by atoms with E-state index in [2.05, 4.69) is 13.8 Å². The van der Waals surface area contributed by atoms with E-state index >= 15 is 0 Å². The molecule has 3 nitrogen and oxygen atoms in total. The van der Waals surface area contributed by atoms with Gasteiger partial charge in [-0.25, -0.2) is 0 Å². The van der Waals surface area contributed by atoms with Gasteiger partial charge in [0.05, 0.1) is 5.92 Å². The number of carboxylic acid groups (broad SMARTS) is 1. The van der Waals surface area contributed by atoms with Crippen molar-refractivity contribution in [2.75, 3.05) is 0 Å². The Kier molecular flexibility index (Phi) is 23.1. The zero-order valence-electron chi connectivity index (χ0n) is 21.1. The Morgan fingerprint density at radius 2 is 0.968 bits per heavy atom. The van der Waals surface area contributed by atoms with Crippen LogP contribution in [0.2, 0.25) is 0 Å². The summed E-state index contributed by atoms with van der Waals surface area (Å²) in [6, 6.07) is 0. The minimum absolute atomic E-state index is 0.0260. The second kappa shape index (κ2) is 23.8. The van der Waals surface area contributed by atoms with Gasteiger partial charge in [-0.3, -0.25) is 4.79 Å². The van der Waals surface area contributed by atoms with Gasteiger partial charge in [0.25, 0.3) is 0 Å². The highest BCUT2D eigenvalue weighted by atomic mass is 16.4. The monoisotopic (exact) mass is 438 g/mol. The second-order valence-corrected chi connectivity index (χ2v) is 9.69. The number of carbonyl (C=O) groups is 2. The molecule has 0 aromatic carbocycles. The summed E-state index contributed by atoms with van der Waals surface area (Å²) in [6.45, 7) is 4.50. The van der Waals surface area contributed by atoms with Crippen molar-refractivity contribution in [1.82, 2.24) is 0 Å². The van der Waals surface area contributed by atoms with Crippen molar-refractivity contribution in [2.45, 2.75) is 155 Å². The van der Waals surface area contributed by atoms with Crippen molar-refractivity contribution in [1.29, 1.82) is 0 Å². The van der Waals surface area contributed by atoms with Gasteiger partial charge in [0, 0.05) is 6.42 Å². The number of rotatable bonds is 25. The molecule has 0 bridgehead atoms. The molecule has 184 valence electrons. The summed E-state index contributed by atoms with van der Waals surface area (Å²) in [6.07, 6.45) is 27.1. The normalized spacial score (nSPS) is 13.2. The third-order valence-electron chi connectivity index (χ3n) is 6.83. The fourth-order valence-electron chi connectivity index (χ4n) is 4.74. The van der Waals surface area contributed by atoms with E-state index in [1.165, 1.54) is 103 Å². The molecule has 0 aromatic heterocycles. The number of unbranched alkanes of at least 4 members (excludes halogenated alkanes) is 17. The first-order valence-corrected chi connectivity index (χ1v) is 13.8. The Morgan fingerprint density at radius 1 is 0.613 bits per heavy atom. The summed E-state index contributed by atoms with van der Waals surface area (Å²) in [7, 11) is 0. The van der Waals surface area contributed by atoms with Gasteiger partial charge in [0.1, 0.15) is 6.29 Å². The maximum atomic E-state index is 11.9. The zero-order chi connectivity index (χ0) is 23.0. The van der Waals surface area contributed by atoms with E-state index in [9.17, 15) is 14.7 Å². The van der Waals surface area contributed by atoms with Gasteiger partial charge >= 0.3 is 5.97 Å². The van der Waals surface area contributed by atoms with Gasteiger partial charge in [-0.2, -0.15) is 0 Å². The Hall–Kier alpha value is -0.860. The van der Waals surface area contributed by atoms with Crippen molar-refractivity contribution in [3.8, 4) is 0 Å². The Bertz CT molecular complexity index is 394. The van der Waals surface area contributed by atoms with Crippen LogP contribution in [0, 0.1) is 11.8 Å². The van der Waals surface area contributed by atoms with Crippen LogP contribution in [0.15, 0.2) is 0 Å². The van der Waals surface area contributed by atoms with Crippen LogP contribution in [0.3, 0.4) is 0 Å². The maximum Gasteiger partial charge on any atom is 0.306 e. The average Bonchev–Trinajstić information content (AvgIpc) is 2.75. The predicted molar refractivity (Wildman–Crippen MR) is 134 cm³/mol. The van der Waals surface area contributed by atoms with Gasteiger partial charge < -0.3 is 9.90 Å². The standard InChI is InChI=1S/C28H54O3/c1-3-5-7-9-11-13-15-17-19-21-23-27(28(30)31)26(24-25-29)22-20-18-16-14-12-10-8-6-4-2/h25-27H,3-24H2,1-2H3,(H,30,31). The third-order valence-corrected chi connectivity index (χ3v) is 6.83. The van der Waals surface area contributed by atoms with Crippen LogP contribution in [0.25, 0.3) is 0 Å². The van der Waals surface area contributed by atoms with Gasteiger partial charge in [-0.05, 0) is 18.8 Å². The van der Waals surface area contributed by atoms with Crippen LogP contribution in [0.1, 0.15) is 155 Å². The lowest BCUT2D eigenvalue weighted by Crippen LogP contribution is -2.24. The lowest BCUT2D eigenvalue weighted by atomic mass is 9.82. The molecule has 1 N–H and O–H groups in total. The zero-order valence-corrected chi connectivity index (χ0v) is 21.1. The molecule has 3 heteroatoms. The molecule has 0 aromatic rings. The molecule has 0 amide bonds. The number of hydrogen-bond acceptors (Lipinski definition) is 2. The summed E-state index contributed by atoms with van der Waals surface area (Å²) in [5, 5.41) is 9.74. The molecule has 0 rings (SSSR count). The number of hydrogen-bond donors (Lipinski definition) is 1. The largest absolute Gasteiger partial charge is 0.481 e. The van der Waals surface area contributed by atoms with E-state index in [1.807, 2.05) is 0 Å². The molecule has 0 spiro atoms. The van der Waals surface area contributed by atoms with Crippen LogP contribution < -0.4 is 0 Å². The van der Waals surface area contributed by atoms with Crippen molar-refractivity contribution in [3.63, 3.8) is 0 Å². The van der Waals surface area contributed by atoms with Crippen molar-refractivity contribution < 1.29 is 14.7 Å². The van der Waals surface area contributed by atoms with E-state index in [0.717, 1.165) is 38.4 Å². The summed E-state index contributed by atoms with van der Waals surface area (Å²) in [5.74, 6) is -1.01. The Balaban J connectivity index is 3.96. The molecule has 2 unspecified atom stereocenters. The van der Waals surface area contributed by atoms with E-state index < -0.39 is 5.97 Å². The molecule has 0 heterocycles. The first kappa shape index (κ1) is 30.1. The fourth-order valence-corrected chi connectivity index (χ4v) is 4.74. The van der Waals surface area contributed by atoms with Crippen LogP contribution in [-0.2, 0) is 9.59 Å². The lowest BCUT2D eigenvalue weighted by Gasteiger charge is -2.22. The van der Waals surface area contributed by atoms with Crippen molar-refractivity contribution in [2.24, 2.45) is 11.8 Å². The van der Waals surface area contributed by atoms with Crippen LogP contribution in [0.4, 0.5) is 0 Å². The minimum atomic E-state index is -0.696. The molecule has 0 saturated carbocycles. The van der Waals surface area contributed by atoms with Crippen molar-refractivity contribution in [3.05, 3.63) is 0 Å². The minimum Gasteiger partial charge on any atom is -0.481 e. The topological polar surface area (TPSA) is 54.4 Å². The molecule has 2 atom stereocenters. The fraction of sp³-hybridized carbons (Fsp3) is 0.929. The molecule has 0 saturated heterocycles. The summed E-state index contributed by atoms with van der Waals surface area (Å²) >= 11 is 0. The number of carbonyl (C=O) groups excluding carboxylic acids is 1. The first-order chi connectivity index (χ1) is 15.2. The highest BCUT2D eigenvalue weighted by Gasteiger charge is 2.26. The van der Waals surface area contributed by atoms with Gasteiger partial charge in [0.2, 0.25) is 0 Å². The Morgan fingerprint density at radius 3 is 1.32 bits per heavy atom. The highest BCUT2D eigenvalue weighted by Crippen LogP contribution is 2.28. The predicted octanol–water partition coefficient (Wildman–Crippen LogP) is 9.12. The summed E-state index contributed by atoms with van der Waals surface area (Å²) in [5.41, 5.74) is 0. The quantitative estimate of drug-likeness (QED) is 0.114. The van der Waals surface area contributed by atoms with Crippen LogP contribution in [-0.4, -0.2) is 17.4 Å². The molecule has 0 radical (unpaired) electrons. The molecular formula is C28H54O3. The van der Waals surface area contributed by atoms with Gasteiger partial charge in [-0.1, -0.05) is 136 Å². The third kappa shape index (κ3) is 19.5. The molecule has 31 heavy (non-hydrogen) atoms. The molecular weight excluding hydrogens is 384 g/mol.